The predicted octanol–water partition coefficient (Wildman–Crippen LogP) is 3.39. The fourth-order valence-electron chi connectivity index (χ4n) is 4.49. The van der Waals surface area contributed by atoms with Crippen molar-refractivity contribution < 1.29 is 9.59 Å². The van der Waals surface area contributed by atoms with Crippen molar-refractivity contribution in [2.75, 3.05) is 13.1 Å². The smallest absolute Gasteiger partial charge is 0.237 e. The van der Waals surface area contributed by atoms with Crippen molar-refractivity contribution in [3.8, 4) is 0 Å². The van der Waals surface area contributed by atoms with Gasteiger partial charge in [0.25, 0.3) is 0 Å². The Morgan fingerprint density at radius 3 is 2.60 bits per heavy atom. The third-order valence-corrected chi connectivity index (χ3v) is 5.91. The highest BCUT2D eigenvalue weighted by Gasteiger charge is 2.27. The number of benzene rings is 1. The molecule has 0 aromatic heterocycles. The van der Waals surface area contributed by atoms with Gasteiger partial charge in [0.05, 0.1) is 6.54 Å². The van der Waals surface area contributed by atoms with Crippen LogP contribution in [0.2, 0.25) is 0 Å². The fraction of sp³-hybridized carbons (Fsp3) is 0.619. The van der Waals surface area contributed by atoms with Crippen molar-refractivity contribution >= 4 is 11.8 Å². The van der Waals surface area contributed by atoms with Crippen LogP contribution in [0.1, 0.15) is 68.4 Å². The third kappa shape index (κ3) is 4.83. The van der Waals surface area contributed by atoms with Gasteiger partial charge < -0.3 is 10.6 Å². The van der Waals surface area contributed by atoms with E-state index in [-0.39, 0.29) is 18.4 Å². The largest absolute Gasteiger partial charge is 0.368 e. The SMILES string of the molecule is NC(=O)CN(CCC1CCCCC1)C(=O)CC1CCc2ccccc21. The summed E-state index contributed by atoms with van der Waals surface area (Å²) in [5.41, 5.74) is 8.06. The second-order valence-electron chi connectivity index (χ2n) is 7.71. The molecule has 4 nitrogen and oxygen atoms in total. The highest BCUT2D eigenvalue weighted by Crippen LogP contribution is 2.35. The van der Waals surface area contributed by atoms with E-state index in [0.29, 0.717) is 18.9 Å². The average Bonchev–Trinajstić information content (AvgIpc) is 3.02. The van der Waals surface area contributed by atoms with E-state index in [1.165, 1.54) is 43.2 Å². The predicted molar refractivity (Wildman–Crippen MR) is 99.1 cm³/mol. The van der Waals surface area contributed by atoms with Crippen molar-refractivity contribution in [2.24, 2.45) is 11.7 Å². The number of fused-ring (bicyclic) bond motifs is 1. The molecule has 4 heteroatoms. The van der Waals surface area contributed by atoms with Gasteiger partial charge in [0, 0.05) is 13.0 Å². The van der Waals surface area contributed by atoms with E-state index in [1.54, 1.807) is 4.90 Å². The standard InChI is InChI=1S/C21H30N2O2/c22-20(24)15-23(13-12-16-6-2-1-3-7-16)21(25)14-18-11-10-17-8-4-5-9-19(17)18/h4-5,8-9,16,18H,1-3,6-7,10-15H2,(H2,22,24). The molecular formula is C21H30N2O2. The van der Waals surface area contributed by atoms with Gasteiger partial charge in [-0.2, -0.15) is 0 Å². The number of nitrogens with zero attached hydrogens (tertiary/aromatic N) is 1. The van der Waals surface area contributed by atoms with Gasteiger partial charge in [0.2, 0.25) is 11.8 Å². The first-order chi connectivity index (χ1) is 12.1. The second-order valence-corrected chi connectivity index (χ2v) is 7.71. The van der Waals surface area contributed by atoms with E-state index in [1.807, 2.05) is 6.07 Å². The van der Waals surface area contributed by atoms with E-state index in [2.05, 4.69) is 18.2 Å². The summed E-state index contributed by atoms with van der Waals surface area (Å²) in [5, 5.41) is 0. The van der Waals surface area contributed by atoms with Gasteiger partial charge in [-0.3, -0.25) is 9.59 Å². The summed E-state index contributed by atoms with van der Waals surface area (Å²) < 4.78 is 0. The zero-order valence-electron chi connectivity index (χ0n) is 15.1. The molecule has 2 N–H and O–H groups in total. The van der Waals surface area contributed by atoms with Crippen molar-refractivity contribution in [2.45, 2.75) is 63.7 Å². The molecule has 0 radical (unpaired) electrons. The third-order valence-electron chi connectivity index (χ3n) is 5.91. The summed E-state index contributed by atoms with van der Waals surface area (Å²) in [6.45, 7) is 0.723. The summed E-state index contributed by atoms with van der Waals surface area (Å²) in [6, 6.07) is 8.41. The van der Waals surface area contributed by atoms with Crippen LogP contribution in [0, 0.1) is 5.92 Å². The van der Waals surface area contributed by atoms with Crippen LogP contribution in [0.25, 0.3) is 0 Å². The Hall–Kier alpha value is -1.84. The lowest BCUT2D eigenvalue weighted by Crippen LogP contribution is -2.40. The molecule has 1 unspecified atom stereocenters. The topological polar surface area (TPSA) is 63.4 Å². The Morgan fingerprint density at radius 1 is 1.08 bits per heavy atom. The summed E-state index contributed by atoms with van der Waals surface area (Å²) >= 11 is 0. The maximum absolute atomic E-state index is 12.8. The van der Waals surface area contributed by atoms with Crippen LogP contribution < -0.4 is 5.73 Å². The summed E-state index contributed by atoms with van der Waals surface area (Å²) in [7, 11) is 0. The molecular weight excluding hydrogens is 312 g/mol. The zero-order valence-corrected chi connectivity index (χ0v) is 15.1. The number of carbonyl (C=O) groups is 2. The maximum atomic E-state index is 12.8. The van der Waals surface area contributed by atoms with Gasteiger partial charge in [-0.15, -0.1) is 0 Å². The maximum Gasteiger partial charge on any atom is 0.237 e. The molecule has 25 heavy (non-hydrogen) atoms. The van der Waals surface area contributed by atoms with Crippen LogP contribution in [0.4, 0.5) is 0 Å². The number of nitrogens with two attached hydrogens (primary N) is 1. The lowest BCUT2D eigenvalue weighted by molar-refractivity contribution is -0.135. The molecule has 1 aromatic rings. The lowest BCUT2D eigenvalue weighted by Gasteiger charge is -2.27. The minimum absolute atomic E-state index is 0.0555. The molecule has 0 aliphatic heterocycles. The van der Waals surface area contributed by atoms with Gasteiger partial charge in [0.15, 0.2) is 0 Å². The number of aryl methyl sites for hydroxylation is 1. The van der Waals surface area contributed by atoms with E-state index in [0.717, 1.165) is 19.3 Å². The Balaban J connectivity index is 1.58. The van der Waals surface area contributed by atoms with Crippen LogP contribution in [-0.4, -0.2) is 29.8 Å². The molecule has 0 saturated heterocycles. The number of carbonyl (C=O) groups excluding carboxylic acids is 2. The quantitative estimate of drug-likeness (QED) is 0.825. The van der Waals surface area contributed by atoms with Crippen LogP contribution in [0.3, 0.4) is 0 Å². The molecule has 2 aliphatic carbocycles. The summed E-state index contributed by atoms with van der Waals surface area (Å²) in [4.78, 5) is 26.0. The highest BCUT2D eigenvalue weighted by atomic mass is 16.2. The molecule has 1 atom stereocenters. The molecule has 0 heterocycles. The molecule has 1 aromatic carbocycles. The van der Waals surface area contributed by atoms with Crippen LogP contribution in [0.5, 0.6) is 0 Å². The van der Waals surface area contributed by atoms with Crippen molar-refractivity contribution in [1.29, 1.82) is 0 Å². The molecule has 1 saturated carbocycles. The van der Waals surface area contributed by atoms with Crippen LogP contribution >= 0.6 is 0 Å². The number of amides is 2. The minimum atomic E-state index is -0.413. The first kappa shape index (κ1) is 18.0. The number of primary amides is 1. The molecule has 1 fully saturated rings. The Morgan fingerprint density at radius 2 is 1.84 bits per heavy atom. The van der Waals surface area contributed by atoms with Gasteiger partial charge in [-0.1, -0.05) is 56.4 Å². The van der Waals surface area contributed by atoms with Crippen LogP contribution in [0.15, 0.2) is 24.3 Å². The van der Waals surface area contributed by atoms with E-state index in [4.69, 9.17) is 5.73 Å². The van der Waals surface area contributed by atoms with Gasteiger partial charge in [0.1, 0.15) is 0 Å². The molecule has 3 rings (SSSR count). The Labute approximate surface area is 150 Å². The van der Waals surface area contributed by atoms with E-state index in [9.17, 15) is 9.59 Å². The van der Waals surface area contributed by atoms with Gasteiger partial charge in [-0.25, -0.2) is 0 Å². The molecule has 0 spiro atoms. The average molecular weight is 342 g/mol. The van der Waals surface area contributed by atoms with Crippen molar-refractivity contribution in [3.05, 3.63) is 35.4 Å². The fourth-order valence-corrected chi connectivity index (χ4v) is 4.49. The normalized spacial score (nSPS) is 20.2. The second kappa shape index (κ2) is 8.50. The number of hydrogen-bond donors (Lipinski definition) is 1. The lowest BCUT2D eigenvalue weighted by atomic mass is 9.87. The Bertz CT molecular complexity index is 608. The number of rotatable bonds is 7. The molecule has 2 aliphatic rings. The zero-order chi connectivity index (χ0) is 17.6. The summed E-state index contributed by atoms with van der Waals surface area (Å²) in [6.07, 6.45) is 10.0. The first-order valence-corrected chi connectivity index (χ1v) is 9.77. The first-order valence-electron chi connectivity index (χ1n) is 9.77. The highest BCUT2D eigenvalue weighted by molar-refractivity contribution is 5.84. The Kier molecular flexibility index (Phi) is 6.11. The number of hydrogen-bond acceptors (Lipinski definition) is 2. The van der Waals surface area contributed by atoms with Crippen molar-refractivity contribution in [1.82, 2.24) is 4.90 Å². The van der Waals surface area contributed by atoms with Gasteiger partial charge in [-0.05, 0) is 42.2 Å². The molecule has 136 valence electrons. The van der Waals surface area contributed by atoms with E-state index < -0.39 is 5.91 Å². The van der Waals surface area contributed by atoms with Crippen molar-refractivity contribution in [3.63, 3.8) is 0 Å². The summed E-state index contributed by atoms with van der Waals surface area (Å²) in [5.74, 6) is 0.651. The molecule has 2 amide bonds. The minimum Gasteiger partial charge on any atom is -0.368 e. The van der Waals surface area contributed by atoms with Crippen LogP contribution in [-0.2, 0) is 16.0 Å². The molecule has 0 bridgehead atoms. The van der Waals surface area contributed by atoms with E-state index >= 15 is 0 Å². The monoisotopic (exact) mass is 342 g/mol. The van der Waals surface area contributed by atoms with Gasteiger partial charge >= 0.3 is 0 Å².